The summed E-state index contributed by atoms with van der Waals surface area (Å²) in [5, 5.41) is 2.86. The third kappa shape index (κ3) is 2.82. The third-order valence-electron chi connectivity index (χ3n) is 7.45. The average Bonchev–Trinajstić information content (AvgIpc) is 3.59. The molecule has 2 aromatic rings. The minimum atomic E-state index is -0.296. The maximum Gasteiger partial charge on any atom is 0.255 e. The number of amides is 3. The monoisotopic (exact) mass is 428 g/mol. The molecule has 1 saturated heterocycles. The smallest absolute Gasteiger partial charge is 0.255 e. The Balaban J connectivity index is 1.23. The molecule has 1 N–H and O–H groups in total. The Morgan fingerprint density at radius 2 is 1.66 bits per heavy atom. The van der Waals surface area contributed by atoms with Gasteiger partial charge >= 0.3 is 0 Å². The summed E-state index contributed by atoms with van der Waals surface area (Å²) in [4.78, 5) is 40.8. The van der Waals surface area contributed by atoms with Gasteiger partial charge in [-0.25, -0.2) is 4.90 Å². The second kappa shape index (κ2) is 7.05. The van der Waals surface area contributed by atoms with Crippen molar-refractivity contribution in [2.75, 3.05) is 16.8 Å². The van der Waals surface area contributed by atoms with Gasteiger partial charge in [0.05, 0.1) is 24.1 Å². The van der Waals surface area contributed by atoms with Gasteiger partial charge in [0.15, 0.2) is 0 Å². The van der Waals surface area contributed by atoms with E-state index in [-0.39, 0.29) is 41.4 Å². The molecule has 4 aliphatic carbocycles. The number of nitrogens with one attached hydrogen (secondary N) is 1. The minimum absolute atomic E-state index is 0.117. The van der Waals surface area contributed by atoms with Crippen molar-refractivity contribution in [2.45, 2.75) is 13.3 Å². The van der Waals surface area contributed by atoms with Crippen LogP contribution in [0.15, 0.2) is 60.7 Å². The Hall–Kier alpha value is -3.41. The van der Waals surface area contributed by atoms with Crippen LogP contribution in [-0.2, 0) is 9.59 Å². The Labute approximate surface area is 186 Å². The Kier molecular flexibility index (Phi) is 4.25. The number of allylic oxidation sites excluding steroid dienone is 2. The topological polar surface area (TPSA) is 75.7 Å². The van der Waals surface area contributed by atoms with E-state index >= 15 is 0 Å². The van der Waals surface area contributed by atoms with Crippen molar-refractivity contribution in [3.05, 3.63) is 66.2 Å². The summed E-state index contributed by atoms with van der Waals surface area (Å²) >= 11 is 0. The Morgan fingerprint density at radius 1 is 1.00 bits per heavy atom. The molecule has 5 aliphatic rings. The van der Waals surface area contributed by atoms with Crippen molar-refractivity contribution in [3.8, 4) is 5.75 Å². The molecule has 7 rings (SSSR count). The second-order valence-corrected chi connectivity index (χ2v) is 9.13. The largest absolute Gasteiger partial charge is 0.494 e. The molecule has 2 saturated carbocycles. The van der Waals surface area contributed by atoms with E-state index in [1.165, 1.54) is 4.90 Å². The molecule has 1 aliphatic heterocycles. The number of hydrogen-bond acceptors (Lipinski definition) is 4. The molecular formula is C26H24N2O4. The maximum absolute atomic E-state index is 13.3. The van der Waals surface area contributed by atoms with Gasteiger partial charge in [-0.2, -0.15) is 0 Å². The summed E-state index contributed by atoms with van der Waals surface area (Å²) in [5.41, 5.74) is 1.52. The van der Waals surface area contributed by atoms with Crippen LogP contribution in [0.1, 0.15) is 23.7 Å². The van der Waals surface area contributed by atoms with E-state index in [9.17, 15) is 14.4 Å². The lowest BCUT2D eigenvalue weighted by atomic mass is 9.63. The number of carbonyl (C=O) groups is 3. The number of nitrogens with zero attached hydrogens (tertiary/aromatic N) is 1. The molecule has 0 radical (unpaired) electrons. The van der Waals surface area contributed by atoms with Crippen LogP contribution in [0.2, 0.25) is 0 Å². The molecule has 2 bridgehead atoms. The molecular weight excluding hydrogens is 404 g/mol. The minimum Gasteiger partial charge on any atom is -0.494 e. The number of imide groups is 1. The standard InChI is InChI=1S/C26H24N2O4/c1-2-32-17-8-6-15(7-9-17)27-24(29)14-4-3-5-16(12-14)28-25(30)22-18-10-11-19(21-13-20(18)21)23(22)26(28)31/h3-12,18-23H,2,13H2,1H3,(H,27,29)/t18-,19-,20-,21+,22-,23+/m0/s1. The van der Waals surface area contributed by atoms with Crippen LogP contribution >= 0.6 is 0 Å². The van der Waals surface area contributed by atoms with Gasteiger partial charge in [0.1, 0.15) is 5.75 Å². The van der Waals surface area contributed by atoms with Crippen molar-refractivity contribution >= 4 is 29.1 Å². The van der Waals surface area contributed by atoms with Gasteiger partial charge in [-0.3, -0.25) is 14.4 Å². The zero-order valence-corrected chi connectivity index (χ0v) is 17.7. The first kappa shape index (κ1) is 19.3. The van der Waals surface area contributed by atoms with Crippen LogP contribution < -0.4 is 15.0 Å². The van der Waals surface area contributed by atoms with Gasteiger partial charge < -0.3 is 10.1 Å². The van der Waals surface area contributed by atoms with Crippen LogP contribution in [0.4, 0.5) is 11.4 Å². The van der Waals surface area contributed by atoms with E-state index in [0.717, 1.165) is 12.2 Å². The molecule has 6 heteroatoms. The highest BCUT2D eigenvalue weighted by Crippen LogP contribution is 2.65. The summed E-state index contributed by atoms with van der Waals surface area (Å²) in [6, 6.07) is 13.9. The van der Waals surface area contributed by atoms with E-state index in [1.54, 1.807) is 48.5 Å². The molecule has 6 atom stereocenters. The lowest BCUT2D eigenvalue weighted by Crippen LogP contribution is -2.40. The van der Waals surface area contributed by atoms with Crippen molar-refractivity contribution in [3.63, 3.8) is 0 Å². The quantitative estimate of drug-likeness (QED) is 0.579. The Morgan fingerprint density at radius 3 is 2.28 bits per heavy atom. The number of benzene rings is 2. The fraction of sp³-hybridized carbons (Fsp3) is 0.346. The van der Waals surface area contributed by atoms with Crippen molar-refractivity contribution in [1.29, 1.82) is 0 Å². The summed E-state index contributed by atoms with van der Waals surface area (Å²) < 4.78 is 5.43. The van der Waals surface area contributed by atoms with Crippen LogP contribution in [0, 0.1) is 35.5 Å². The molecule has 0 aromatic heterocycles. The number of hydrogen-bond donors (Lipinski definition) is 1. The fourth-order valence-corrected chi connectivity index (χ4v) is 6.00. The lowest BCUT2D eigenvalue weighted by molar-refractivity contribution is -0.124. The van der Waals surface area contributed by atoms with E-state index in [1.807, 2.05) is 6.92 Å². The van der Waals surface area contributed by atoms with Crippen LogP contribution in [0.25, 0.3) is 0 Å². The summed E-state index contributed by atoms with van der Waals surface area (Å²) in [6.07, 6.45) is 5.46. The molecule has 0 unspecified atom stereocenters. The van der Waals surface area contributed by atoms with Gasteiger partial charge in [0, 0.05) is 11.3 Å². The van der Waals surface area contributed by atoms with Crippen LogP contribution in [0.3, 0.4) is 0 Å². The molecule has 162 valence electrons. The lowest BCUT2D eigenvalue weighted by Gasteiger charge is -2.37. The van der Waals surface area contributed by atoms with Crippen molar-refractivity contribution < 1.29 is 19.1 Å². The van der Waals surface area contributed by atoms with Gasteiger partial charge in [0.2, 0.25) is 11.8 Å². The summed E-state index contributed by atoms with van der Waals surface area (Å²) in [6.45, 7) is 2.49. The first-order chi connectivity index (χ1) is 15.6. The molecule has 32 heavy (non-hydrogen) atoms. The summed E-state index contributed by atoms with van der Waals surface area (Å²) in [5.74, 6) is 1.21. The average molecular weight is 428 g/mol. The van der Waals surface area contributed by atoms with Gasteiger partial charge in [-0.05, 0) is 79.5 Å². The van der Waals surface area contributed by atoms with Gasteiger partial charge in [-0.1, -0.05) is 18.2 Å². The molecule has 3 amide bonds. The zero-order chi connectivity index (χ0) is 22.0. The predicted molar refractivity (Wildman–Crippen MR) is 119 cm³/mol. The molecule has 6 nitrogen and oxygen atoms in total. The molecule has 3 fully saturated rings. The van der Waals surface area contributed by atoms with E-state index in [0.29, 0.717) is 35.4 Å². The van der Waals surface area contributed by atoms with Crippen molar-refractivity contribution in [2.24, 2.45) is 35.5 Å². The number of carbonyl (C=O) groups excluding carboxylic acids is 3. The first-order valence-corrected chi connectivity index (χ1v) is 11.3. The van der Waals surface area contributed by atoms with E-state index < -0.39 is 0 Å². The fourth-order valence-electron chi connectivity index (χ4n) is 6.00. The SMILES string of the molecule is CCOc1ccc(NC(=O)c2cccc(N3C(=O)[C@@H]4[C@H]5C=C[C@@H]([C@@H]6C[C@H]56)[C@@H]4C3=O)c2)cc1. The van der Waals surface area contributed by atoms with Gasteiger partial charge in [-0.15, -0.1) is 0 Å². The van der Waals surface area contributed by atoms with Gasteiger partial charge in [0.25, 0.3) is 5.91 Å². The molecule has 1 heterocycles. The third-order valence-corrected chi connectivity index (χ3v) is 7.45. The first-order valence-electron chi connectivity index (χ1n) is 11.3. The maximum atomic E-state index is 13.3. The van der Waals surface area contributed by atoms with Crippen molar-refractivity contribution in [1.82, 2.24) is 0 Å². The van der Waals surface area contributed by atoms with E-state index in [2.05, 4.69) is 17.5 Å². The predicted octanol–water partition coefficient (Wildman–Crippen LogP) is 3.90. The molecule has 0 spiro atoms. The van der Waals surface area contributed by atoms with E-state index in [4.69, 9.17) is 4.74 Å². The molecule has 2 aromatic carbocycles. The summed E-state index contributed by atoms with van der Waals surface area (Å²) in [7, 11) is 0. The van der Waals surface area contributed by atoms with Crippen LogP contribution in [-0.4, -0.2) is 24.3 Å². The Bertz CT molecular complexity index is 1120. The highest BCUT2D eigenvalue weighted by molar-refractivity contribution is 6.23. The highest BCUT2D eigenvalue weighted by atomic mass is 16.5. The second-order valence-electron chi connectivity index (χ2n) is 9.13. The van der Waals surface area contributed by atoms with Crippen LogP contribution in [0.5, 0.6) is 5.75 Å². The number of rotatable bonds is 5. The number of anilines is 2. The highest BCUT2D eigenvalue weighted by Gasteiger charge is 2.67. The normalized spacial score (nSPS) is 31.3. The zero-order valence-electron chi connectivity index (χ0n) is 17.7. The number of ether oxygens (including phenoxy) is 1.